The molecule has 1 aromatic rings. The third-order valence-electron chi connectivity index (χ3n) is 2.86. The van der Waals surface area contributed by atoms with Crippen LogP contribution in [-0.2, 0) is 6.42 Å². The highest BCUT2D eigenvalue weighted by Gasteiger charge is 2.21. The molecule has 2 heterocycles. The van der Waals surface area contributed by atoms with E-state index in [4.69, 9.17) is 0 Å². The zero-order valence-electron chi connectivity index (χ0n) is 9.53. The van der Waals surface area contributed by atoms with Gasteiger partial charge in [-0.25, -0.2) is 4.98 Å². The number of hydrogen-bond donors (Lipinski definition) is 0. The summed E-state index contributed by atoms with van der Waals surface area (Å²) in [5.41, 5.74) is 2.55. The van der Waals surface area contributed by atoms with E-state index in [1.165, 1.54) is 17.7 Å². The van der Waals surface area contributed by atoms with Crippen molar-refractivity contribution < 1.29 is 0 Å². The number of aromatic nitrogens is 1. The Kier molecular flexibility index (Phi) is 2.76. The number of allylic oxidation sites excluding steroid dienone is 1. The van der Waals surface area contributed by atoms with Gasteiger partial charge in [0.2, 0.25) is 0 Å². The van der Waals surface area contributed by atoms with E-state index in [0.717, 1.165) is 18.7 Å². The Balaban J connectivity index is 2.47. The van der Waals surface area contributed by atoms with E-state index in [-0.39, 0.29) is 0 Å². The number of fused-ring (bicyclic) bond motifs is 1. The Morgan fingerprint density at radius 2 is 2.20 bits per heavy atom. The van der Waals surface area contributed by atoms with E-state index < -0.39 is 0 Å². The van der Waals surface area contributed by atoms with Gasteiger partial charge in [-0.2, -0.15) is 0 Å². The highest BCUT2D eigenvalue weighted by atomic mass is 15.2. The van der Waals surface area contributed by atoms with Gasteiger partial charge in [-0.1, -0.05) is 12.6 Å². The molecular weight excluding hydrogens is 184 g/mol. The first kappa shape index (κ1) is 10.2. The molecule has 0 saturated carbocycles. The van der Waals surface area contributed by atoms with Gasteiger partial charge in [0, 0.05) is 17.9 Å². The summed E-state index contributed by atoms with van der Waals surface area (Å²) >= 11 is 0. The molecule has 0 bridgehead atoms. The fourth-order valence-corrected chi connectivity index (χ4v) is 2.21. The molecular formula is C13H18N2. The molecule has 0 fully saturated rings. The minimum absolute atomic E-state index is 0.434. The van der Waals surface area contributed by atoms with Gasteiger partial charge < -0.3 is 4.90 Å². The van der Waals surface area contributed by atoms with Crippen LogP contribution < -0.4 is 4.90 Å². The average molecular weight is 202 g/mol. The van der Waals surface area contributed by atoms with Gasteiger partial charge in [-0.15, -0.1) is 0 Å². The molecule has 0 aliphatic carbocycles. The van der Waals surface area contributed by atoms with Gasteiger partial charge in [0.25, 0.3) is 0 Å². The number of rotatable bonds is 1. The van der Waals surface area contributed by atoms with E-state index in [2.05, 4.69) is 36.4 Å². The molecule has 0 aromatic carbocycles. The number of aryl methyl sites for hydroxylation is 1. The molecule has 2 heteroatoms. The normalized spacial score (nSPS) is 16.5. The van der Waals surface area contributed by atoms with Crippen molar-refractivity contribution in [3.05, 3.63) is 36.2 Å². The summed E-state index contributed by atoms with van der Waals surface area (Å²) in [6, 6.07) is 4.63. The van der Waals surface area contributed by atoms with Crippen LogP contribution in [0.5, 0.6) is 0 Å². The lowest BCUT2D eigenvalue weighted by molar-refractivity contribution is 0.717. The van der Waals surface area contributed by atoms with Crippen LogP contribution in [0.25, 0.3) is 0 Å². The predicted octanol–water partition coefficient (Wildman–Crippen LogP) is 3.15. The van der Waals surface area contributed by atoms with Gasteiger partial charge in [-0.05, 0) is 44.7 Å². The number of hydrogen-bond acceptors (Lipinski definition) is 2. The summed E-state index contributed by atoms with van der Waals surface area (Å²) in [6.45, 7) is 8.54. The smallest absolute Gasteiger partial charge is 0.136 e. The van der Waals surface area contributed by atoms with Crippen molar-refractivity contribution in [2.75, 3.05) is 4.90 Å². The van der Waals surface area contributed by atoms with Crippen LogP contribution in [0, 0.1) is 0 Å². The van der Waals surface area contributed by atoms with Crippen molar-refractivity contribution in [3.63, 3.8) is 0 Å². The number of pyridine rings is 1. The first-order valence-electron chi connectivity index (χ1n) is 5.61. The van der Waals surface area contributed by atoms with Gasteiger partial charge >= 0.3 is 0 Å². The fourth-order valence-electron chi connectivity index (χ4n) is 2.21. The highest BCUT2D eigenvalue weighted by molar-refractivity contribution is 5.53. The Labute approximate surface area is 91.6 Å². The average Bonchev–Trinajstić information content (AvgIpc) is 2.35. The first-order chi connectivity index (χ1) is 7.20. The molecule has 0 spiro atoms. The SMILES string of the molecule is C=C1CCCc2cccnc2N1C(C)C. The second kappa shape index (κ2) is 4.05. The number of nitrogens with zero attached hydrogens (tertiary/aromatic N) is 2. The Morgan fingerprint density at radius 1 is 1.40 bits per heavy atom. The standard InChI is InChI=1S/C13H18N2/c1-10(2)15-11(3)6-4-7-12-8-5-9-14-13(12)15/h5,8-10H,3-4,6-7H2,1-2H3. The van der Waals surface area contributed by atoms with E-state index in [1.54, 1.807) is 0 Å². The second-order valence-corrected chi connectivity index (χ2v) is 4.37. The predicted molar refractivity (Wildman–Crippen MR) is 63.9 cm³/mol. The maximum atomic E-state index is 4.50. The summed E-state index contributed by atoms with van der Waals surface area (Å²) < 4.78 is 0. The van der Waals surface area contributed by atoms with Gasteiger partial charge in [0.05, 0.1) is 0 Å². The minimum atomic E-state index is 0.434. The third-order valence-corrected chi connectivity index (χ3v) is 2.86. The molecule has 2 nitrogen and oxygen atoms in total. The molecule has 2 rings (SSSR count). The van der Waals surface area contributed by atoms with Crippen molar-refractivity contribution in [1.82, 2.24) is 4.98 Å². The maximum absolute atomic E-state index is 4.50. The topological polar surface area (TPSA) is 16.1 Å². The second-order valence-electron chi connectivity index (χ2n) is 4.37. The Hall–Kier alpha value is -1.31. The zero-order chi connectivity index (χ0) is 10.8. The summed E-state index contributed by atoms with van der Waals surface area (Å²) in [4.78, 5) is 6.76. The zero-order valence-corrected chi connectivity index (χ0v) is 9.53. The summed E-state index contributed by atoms with van der Waals surface area (Å²) in [5, 5.41) is 0. The molecule has 0 saturated heterocycles. The van der Waals surface area contributed by atoms with Crippen molar-refractivity contribution in [2.24, 2.45) is 0 Å². The lowest BCUT2D eigenvalue weighted by atomic mass is 10.1. The van der Waals surface area contributed by atoms with Gasteiger partial charge in [0.1, 0.15) is 5.82 Å². The highest BCUT2D eigenvalue weighted by Crippen LogP contribution is 2.30. The monoisotopic (exact) mass is 202 g/mol. The van der Waals surface area contributed by atoms with Crippen LogP contribution in [-0.4, -0.2) is 11.0 Å². The minimum Gasteiger partial charge on any atom is -0.328 e. The van der Waals surface area contributed by atoms with Crippen molar-refractivity contribution >= 4 is 5.82 Å². The molecule has 0 unspecified atom stereocenters. The van der Waals surface area contributed by atoms with E-state index in [1.807, 2.05) is 12.3 Å². The summed E-state index contributed by atoms with van der Waals surface area (Å²) in [7, 11) is 0. The summed E-state index contributed by atoms with van der Waals surface area (Å²) in [6.07, 6.45) is 5.24. The van der Waals surface area contributed by atoms with Gasteiger partial charge in [0.15, 0.2) is 0 Å². The van der Waals surface area contributed by atoms with E-state index in [0.29, 0.717) is 6.04 Å². The van der Waals surface area contributed by atoms with Crippen LogP contribution in [0.4, 0.5) is 5.82 Å². The third kappa shape index (κ3) is 1.89. The lowest BCUT2D eigenvalue weighted by Crippen LogP contribution is -2.30. The van der Waals surface area contributed by atoms with Crippen LogP contribution in [0.2, 0.25) is 0 Å². The van der Waals surface area contributed by atoms with Crippen LogP contribution >= 0.6 is 0 Å². The molecule has 0 amide bonds. The lowest BCUT2D eigenvalue weighted by Gasteiger charge is -2.29. The maximum Gasteiger partial charge on any atom is 0.136 e. The van der Waals surface area contributed by atoms with Crippen molar-refractivity contribution in [1.29, 1.82) is 0 Å². The van der Waals surface area contributed by atoms with Crippen LogP contribution in [0.3, 0.4) is 0 Å². The Morgan fingerprint density at radius 3 is 2.93 bits per heavy atom. The molecule has 1 aliphatic rings. The Bertz CT molecular complexity index is 369. The molecule has 0 N–H and O–H groups in total. The van der Waals surface area contributed by atoms with Gasteiger partial charge in [-0.3, -0.25) is 0 Å². The van der Waals surface area contributed by atoms with Crippen molar-refractivity contribution in [3.8, 4) is 0 Å². The molecule has 15 heavy (non-hydrogen) atoms. The summed E-state index contributed by atoms with van der Waals surface area (Å²) in [5.74, 6) is 1.11. The molecule has 0 atom stereocenters. The van der Waals surface area contributed by atoms with Crippen molar-refractivity contribution in [2.45, 2.75) is 39.2 Å². The van der Waals surface area contributed by atoms with Crippen LogP contribution in [0.1, 0.15) is 32.3 Å². The van der Waals surface area contributed by atoms with Crippen LogP contribution in [0.15, 0.2) is 30.6 Å². The molecule has 0 radical (unpaired) electrons. The largest absolute Gasteiger partial charge is 0.328 e. The first-order valence-corrected chi connectivity index (χ1v) is 5.61. The quantitative estimate of drug-likeness (QED) is 0.695. The van der Waals surface area contributed by atoms with E-state index >= 15 is 0 Å². The van der Waals surface area contributed by atoms with E-state index in [9.17, 15) is 0 Å². The fraction of sp³-hybridized carbons (Fsp3) is 0.462. The molecule has 1 aliphatic heterocycles. The molecule has 1 aromatic heterocycles. The molecule has 80 valence electrons. The number of anilines is 1.